The number of nitrogens with two attached hydrogens (primary N) is 1. The highest BCUT2D eigenvalue weighted by Gasteiger charge is 2.47. The fraction of sp³-hybridized carbons (Fsp3) is 0.250. The van der Waals surface area contributed by atoms with Crippen LogP contribution in [0.25, 0.3) is 11.1 Å². The van der Waals surface area contributed by atoms with Gasteiger partial charge in [0.15, 0.2) is 0 Å². The number of nitriles is 1. The average Bonchev–Trinajstić information content (AvgIpc) is 3.38. The van der Waals surface area contributed by atoms with Crippen LogP contribution in [0.1, 0.15) is 24.0 Å². The van der Waals surface area contributed by atoms with Crippen molar-refractivity contribution in [2.24, 2.45) is 0 Å². The van der Waals surface area contributed by atoms with Gasteiger partial charge in [0.05, 0.1) is 21.6 Å². The van der Waals surface area contributed by atoms with Crippen LogP contribution in [0, 0.1) is 18.3 Å². The van der Waals surface area contributed by atoms with E-state index in [4.69, 9.17) is 17.3 Å². The molecule has 0 unspecified atom stereocenters. The molecule has 9 nitrogen and oxygen atoms in total. The van der Waals surface area contributed by atoms with Crippen LogP contribution in [-0.4, -0.2) is 29.1 Å². The fourth-order valence-corrected chi connectivity index (χ4v) is 5.35. The van der Waals surface area contributed by atoms with Crippen LogP contribution in [-0.2, 0) is 16.2 Å². The van der Waals surface area contributed by atoms with Gasteiger partial charge in [-0.25, -0.2) is 13.5 Å². The molecule has 5 N–H and O–H groups in total. The first kappa shape index (κ1) is 23.8. The van der Waals surface area contributed by atoms with Crippen LogP contribution < -0.4 is 15.8 Å². The number of nitrogens with one attached hydrogen (secondary N) is 3. The number of nitrogens with zero attached hydrogens (tertiary/aromatic N) is 3. The summed E-state index contributed by atoms with van der Waals surface area (Å²) in [4.78, 5) is 3.54. The molecule has 2 aromatic carbocycles. The second kappa shape index (κ2) is 8.15. The molecule has 0 saturated heterocycles. The minimum Gasteiger partial charge on any atom is -0.368 e. The van der Waals surface area contributed by atoms with Crippen molar-refractivity contribution >= 4 is 39.2 Å². The molecule has 0 aliphatic heterocycles. The summed E-state index contributed by atoms with van der Waals surface area (Å²) in [6.45, 7) is 1.51. The number of benzene rings is 2. The Kier molecular flexibility index (Phi) is 5.71. The maximum atomic E-state index is 14.0. The molecule has 1 aliphatic carbocycles. The van der Waals surface area contributed by atoms with E-state index in [-0.39, 0.29) is 33.1 Å². The van der Waals surface area contributed by atoms with Gasteiger partial charge < -0.3 is 11.1 Å². The molecule has 1 aliphatic rings. The second-order valence-corrected chi connectivity index (χ2v) is 9.89. The van der Waals surface area contributed by atoms with Gasteiger partial charge >= 0.3 is 6.18 Å². The molecule has 4 rings (SSSR count). The second-order valence-electron chi connectivity index (χ2n) is 7.83. The van der Waals surface area contributed by atoms with E-state index in [2.05, 4.69) is 25.2 Å². The predicted octanol–water partition coefficient (Wildman–Crippen LogP) is 4.11. The molecule has 0 radical (unpaired) electrons. The largest absolute Gasteiger partial charge is 0.417 e. The molecule has 1 heterocycles. The molecule has 178 valence electrons. The number of sulfonamides is 1. The van der Waals surface area contributed by atoms with Gasteiger partial charge in [0.1, 0.15) is 5.54 Å². The first-order chi connectivity index (χ1) is 15.8. The van der Waals surface area contributed by atoms with Gasteiger partial charge in [0, 0.05) is 11.3 Å². The van der Waals surface area contributed by atoms with E-state index in [9.17, 15) is 26.9 Å². The number of aryl methyl sites for hydroxylation is 1. The maximum absolute atomic E-state index is 14.0. The minimum atomic E-state index is -4.82. The van der Waals surface area contributed by atoms with Gasteiger partial charge in [-0.2, -0.15) is 28.1 Å². The Morgan fingerprint density at radius 2 is 1.97 bits per heavy atom. The third kappa shape index (κ3) is 4.65. The summed E-state index contributed by atoms with van der Waals surface area (Å²) in [7, 11) is -4.18. The highest BCUT2D eigenvalue weighted by atomic mass is 35.5. The molecule has 34 heavy (non-hydrogen) atoms. The maximum Gasteiger partial charge on any atom is 0.417 e. The number of alkyl halides is 3. The SMILES string of the molecule is Cc1ccc(-c2c(Cl)cc(Nc3n[nH]c(N)n3)cc2C(F)(F)F)cc1S(=O)(=O)NC1(C#N)CC1. The van der Waals surface area contributed by atoms with Crippen molar-refractivity contribution in [1.82, 2.24) is 19.9 Å². The number of hydrogen-bond donors (Lipinski definition) is 4. The first-order valence-corrected chi connectivity index (χ1v) is 11.6. The molecular weight excluding hydrogens is 495 g/mol. The smallest absolute Gasteiger partial charge is 0.368 e. The average molecular weight is 512 g/mol. The van der Waals surface area contributed by atoms with Crippen molar-refractivity contribution in [1.29, 1.82) is 5.26 Å². The normalized spacial score (nSPS) is 15.1. The van der Waals surface area contributed by atoms with Crippen LogP contribution in [0.5, 0.6) is 0 Å². The van der Waals surface area contributed by atoms with E-state index in [1.54, 1.807) is 0 Å². The number of rotatable bonds is 6. The van der Waals surface area contributed by atoms with Crippen molar-refractivity contribution in [3.8, 4) is 17.2 Å². The Labute approximate surface area is 197 Å². The Balaban J connectivity index is 1.81. The lowest BCUT2D eigenvalue weighted by Gasteiger charge is -2.18. The summed E-state index contributed by atoms with van der Waals surface area (Å²) in [6, 6.07) is 7.82. The first-order valence-electron chi connectivity index (χ1n) is 9.75. The zero-order chi connectivity index (χ0) is 24.9. The lowest BCUT2D eigenvalue weighted by Crippen LogP contribution is -2.35. The molecule has 3 aromatic rings. The van der Waals surface area contributed by atoms with E-state index in [0.717, 1.165) is 12.1 Å². The zero-order valence-corrected chi connectivity index (χ0v) is 19.0. The summed E-state index contributed by atoms with van der Waals surface area (Å²) in [6.07, 6.45) is -4.11. The van der Waals surface area contributed by atoms with Crippen molar-refractivity contribution in [2.45, 2.75) is 36.4 Å². The zero-order valence-electron chi connectivity index (χ0n) is 17.5. The molecule has 1 saturated carbocycles. The summed E-state index contributed by atoms with van der Waals surface area (Å²) < 4.78 is 70.2. The third-order valence-electron chi connectivity index (χ3n) is 5.21. The van der Waals surface area contributed by atoms with Crippen LogP contribution in [0.4, 0.5) is 30.8 Å². The molecule has 1 fully saturated rings. The molecule has 0 amide bonds. The van der Waals surface area contributed by atoms with E-state index < -0.39 is 32.9 Å². The highest BCUT2D eigenvalue weighted by molar-refractivity contribution is 7.89. The number of nitrogen functional groups attached to an aromatic ring is 1. The number of hydrogen-bond acceptors (Lipinski definition) is 7. The number of anilines is 3. The summed E-state index contributed by atoms with van der Waals surface area (Å²) in [5.74, 6) is -0.0941. The Morgan fingerprint density at radius 3 is 2.53 bits per heavy atom. The Morgan fingerprint density at radius 1 is 1.26 bits per heavy atom. The van der Waals surface area contributed by atoms with E-state index >= 15 is 0 Å². The predicted molar refractivity (Wildman–Crippen MR) is 119 cm³/mol. The lowest BCUT2D eigenvalue weighted by atomic mass is 9.97. The quantitative estimate of drug-likeness (QED) is 0.389. The number of halogens is 4. The van der Waals surface area contributed by atoms with Crippen molar-refractivity contribution in [3.05, 3.63) is 46.5 Å². The Bertz CT molecular complexity index is 1430. The summed E-state index contributed by atoms with van der Waals surface area (Å²) >= 11 is 6.27. The minimum absolute atomic E-state index is 0.0346. The van der Waals surface area contributed by atoms with Crippen molar-refractivity contribution < 1.29 is 21.6 Å². The van der Waals surface area contributed by atoms with E-state index in [1.165, 1.54) is 25.1 Å². The summed E-state index contributed by atoms with van der Waals surface area (Å²) in [5, 5.41) is 17.6. The standard InChI is InChI=1S/C20H17ClF3N7O2S/c1-10-2-3-11(6-15(10)34(32,33)31-19(9-25)4-5-19)16-13(20(22,23)24)7-12(8-14(16)21)27-18-28-17(26)29-30-18/h2-3,6-8,31H,4-5H2,1H3,(H4,26,27,28,29,30). The summed E-state index contributed by atoms with van der Waals surface area (Å²) in [5.41, 5.74) is 2.94. The van der Waals surface area contributed by atoms with E-state index in [1.807, 2.05) is 6.07 Å². The van der Waals surface area contributed by atoms with Crippen LogP contribution >= 0.6 is 11.6 Å². The monoisotopic (exact) mass is 511 g/mol. The third-order valence-corrected chi connectivity index (χ3v) is 7.19. The van der Waals surface area contributed by atoms with Gasteiger partial charge in [-0.1, -0.05) is 23.7 Å². The molecule has 0 atom stereocenters. The van der Waals surface area contributed by atoms with Gasteiger partial charge in [-0.3, -0.25) is 0 Å². The van der Waals surface area contributed by atoms with Crippen LogP contribution in [0.3, 0.4) is 0 Å². The van der Waals surface area contributed by atoms with Crippen molar-refractivity contribution in [2.75, 3.05) is 11.1 Å². The number of aromatic nitrogens is 3. The van der Waals surface area contributed by atoms with Gasteiger partial charge in [0.2, 0.25) is 21.9 Å². The van der Waals surface area contributed by atoms with Crippen LogP contribution in [0.2, 0.25) is 5.02 Å². The molecule has 0 spiro atoms. The van der Waals surface area contributed by atoms with Gasteiger partial charge in [-0.05, 0) is 49.1 Å². The fourth-order valence-electron chi connectivity index (χ4n) is 3.37. The molecule has 14 heteroatoms. The van der Waals surface area contributed by atoms with Crippen molar-refractivity contribution in [3.63, 3.8) is 0 Å². The molecular formula is C20H17ClF3N7O2S. The Hall–Kier alpha value is -3.34. The lowest BCUT2D eigenvalue weighted by molar-refractivity contribution is -0.137. The highest BCUT2D eigenvalue weighted by Crippen LogP contribution is 2.44. The number of H-pyrrole nitrogens is 1. The van der Waals surface area contributed by atoms with Crippen LogP contribution in [0.15, 0.2) is 35.2 Å². The van der Waals surface area contributed by atoms with Gasteiger partial charge in [0.25, 0.3) is 0 Å². The molecule has 1 aromatic heterocycles. The van der Waals surface area contributed by atoms with E-state index in [0.29, 0.717) is 18.4 Å². The topological polar surface area (TPSA) is 150 Å². The van der Waals surface area contributed by atoms with Gasteiger partial charge in [-0.15, -0.1) is 5.10 Å². The number of aromatic amines is 1. The molecule has 0 bridgehead atoms.